The molecule has 0 saturated carbocycles. The topological polar surface area (TPSA) is 76.4 Å². The molecule has 0 amide bonds. The first-order chi connectivity index (χ1) is 11.6. The van der Waals surface area contributed by atoms with Crippen molar-refractivity contribution in [2.24, 2.45) is 0 Å². The quantitative estimate of drug-likeness (QED) is 0.719. The second-order valence-corrected chi connectivity index (χ2v) is 8.24. The van der Waals surface area contributed by atoms with Gasteiger partial charge in [0.1, 0.15) is 5.03 Å². The molecule has 8 heteroatoms. The van der Waals surface area contributed by atoms with Gasteiger partial charge in [-0.15, -0.1) is 11.8 Å². The van der Waals surface area contributed by atoms with E-state index in [0.717, 1.165) is 30.8 Å². The van der Waals surface area contributed by atoms with Gasteiger partial charge in [-0.2, -0.15) is 5.10 Å². The Morgan fingerprint density at radius 3 is 2.79 bits per heavy atom. The van der Waals surface area contributed by atoms with Gasteiger partial charge in [-0.25, -0.2) is 17.9 Å². The molecule has 0 unspecified atom stereocenters. The zero-order valence-corrected chi connectivity index (χ0v) is 14.7. The number of rotatable bonds is 3. The summed E-state index contributed by atoms with van der Waals surface area (Å²) in [6.45, 7) is 1.58. The van der Waals surface area contributed by atoms with E-state index in [1.54, 1.807) is 34.8 Å². The van der Waals surface area contributed by atoms with E-state index >= 15 is 0 Å². The van der Waals surface area contributed by atoms with Crippen molar-refractivity contribution in [3.8, 4) is 0 Å². The Morgan fingerprint density at radius 2 is 2.04 bits per heavy atom. The molecule has 6 nitrogen and oxygen atoms in total. The fourth-order valence-electron chi connectivity index (χ4n) is 2.88. The van der Waals surface area contributed by atoms with Gasteiger partial charge in [-0.3, -0.25) is 0 Å². The van der Waals surface area contributed by atoms with Crippen LogP contribution in [-0.4, -0.2) is 35.8 Å². The van der Waals surface area contributed by atoms with Crippen molar-refractivity contribution in [2.45, 2.75) is 27.8 Å². The SMILES string of the molecule is CSc1nn2cc3c(nc2c1S(=O)(=O)c1ccccc1)CCNC3. The lowest BCUT2D eigenvalue weighted by molar-refractivity contribution is 0.594. The number of nitrogens with one attached hydrogen (secondary N) is 1. The third-order valence-corrected chi connectivity index (χ3v) is 6.68. The molecule has 1 aromatic carbocycles. The van der Waals surface area contributed by atoms with Crippen LogP contribution >= 0.6 is 11.8 Å². The number of nitrogens with zero attached hydrogens (tertiary/aromatic N) is 3. The van der Waals surface area contributed by atoms with Gasteiger partial charge in [0.2, 0.25) is 9.84 Å². The van der Waals surface area contributed by atoms with Crippen LogP contribution in [0.25, 0.3) is 5.65 Å². The van der Waals surface area contributed by atoms with Gasteiger partial charge >= 0.3 is 0 Å². The summed E-state index contributed by atoms with van der Waals surface area (Å²) in [7, 11) is -3.67. The van der Waals surface area contributed by atoms with Gasteiger partial charge in [0.25, 0.3) is 0 Å². The Kier molecular flexibility index (Phi) is 3.82. The Bertz CT molecular complexity index is 1010. The molecule has 3 aromatic rings. The van der Waals surface area contributed by atoms with Crippen molar-refractivity contribution < 1.29 is 8.42 Å². The summed E-state index contributed by atoms with van der Waals surface area (Å²) in [4.78, 5) is 5.10. The number of aromatic nitrogens is 3. The predicted octanol–water partition coefficient (Wildman–Crippen LogP) is 1.93. The zero-order chi connectivity index (χ0) is 16.7. The summed E-state index contributed by atoms with van der Waals surface area (Å²) in [5.41, 5.74) is 2.41. The van der Waals surface area contributed by atoms with Crippen molar-refractivity contribution in [3.05, 3.63) is 47.8 Å². The van der Waals surface area contributed by atoms with Gasteiger partial charge in [0, 0.05) is 31.3 Å². The highest BCUT2D eigenvalue weighted by Gasteiger charge is 2.29. The van der Waals surface area contributed by atoms with Crippen LogP contribution in [0.5, 0.6) is 0 Å². The minimum Gasteiger partial charge on any atom is -0.312 e. The molecule has 0 spiro atoms. The van der Waals surface area contributed by atoms with E-state index in [-0.39, 0.29) is 9.79 Å². The van der Waals surface area contributed by atoms with Gasteiger partial charge in [0.15, 0.2) is 10.5 Å². The highest BCUT2D eigenvalue weighted by molar-refractivity contribution is 7.99. The van der Waals surface area contributed by atoms with Crippen LogP contribution in [0.3, 0.4) is 0 Å². The summed E-state index contributed by atoms with van der Waals surface area (Å²) < 4.78 is 27.9. The molecule has 0 saturated heterocycles. The number of hydrogen-bond acceptors (Lipinski definition) is 6. The number of thioether (sulfide) groups is 1. The molecule has 4 rings (SSSR count). The standard InChI is InChI=1S/C16H16N4O2S2/c1-23-16-14(24(21,22)12-5-3-2-4-6-12)15-18-13-7-8-17-9-11(13)10-20(15)19-16/h2-6,10,17H,7-9H2,1H3. The molecule has 2 aromatic heterocycles. The fraction of sp³-hybridized carbons (Fsp3) is 0.250. The lowest BCUT2D eigenvalue weighted by Gasteiger charge is -2.15. The molecule has 0 fully saturated rings. The van der Waals surface area contributed by atoms with E-state index in [1.165, 1.54) is 11.8 Å². The van der Waals surface area contributed by atoms with E-state index in [4.69, 9.17) is 0 Å². The Morgan fingerprint density at radius 1 is 1.25 bits per heavy atom. The highest BCUT2D eigenvalue weighted by Crippen LogP contribution is 2.32. The maximum absolute atomic E-state index is 13.1. The maximum Gasteiger partial charge on any atom is 0.213 e. The summed E-state index contributed by atoms with van der Waals surface area (Å²) in [5, 5.41) is 8.21. The summed E-state index contributed by atoms with van der Waals surface area (Å²) in [6, 6.07) is 8.44. The van der Waals surface area contributed by atoms with E-state index in [2.05, 4.69) is 15.4 Å². The molecular weight excluding hydrogens is 344 g/mol. The van der Waals surface area contributed by atoms with Crippen LogP contribution in [0.15, 0.2) is 51.3 Å². The first-order valence-electron chi connectivity index (χ1n) is 7.57. The van der Waals surface area contributed by atoms with Crippen molar-refractivity contribution >= 4 is 27.2 Å². The normalized spacial score (nSPS) is 14.7. The molecule has 0 atom stereocenters. The molecule has 0 bridgehead atoms. The molecule has 0 aliphatic carbocycles. The molecule has 3 heterocycles. The van der Waals surface area contributed by atoms with Gasteiger partial charge < -0.3 is 5.32 Å². The monoisotopic (exact) mass is 360 g/mol. The highest BCUT2D eigenvalue weighted by atomic mass is 32.2. The van der Waals surface area contributed by atoms with Crippen molar-refractivity contribution in [1.29, 1.82) is 0 Å². The lowest BCUT2D eigenvalue weighted by Crippen LogP contribution is -2.25. The lowest BCUT2D eigenvalue weighted by atomic mass is 10.1. The molecule has 24 heavy (non-hydrogen) atoms. The third-order valence-electron chi connectivity index (χ3n) is 4.07. The smallest absolute Gasteiger partial charge is 0.213 e. The molecule has 1 aliphatic heterocycles. The first-order valence-corrected chi connectivity index (χ1v) is 10.3. The Balaban J connectivity index is 2.00. The van der Waals surface area contributed by atoms with E-state index in [9.17, 15) is 8.42 Å². The molecule has 124 valence electrons. The van der Waals surface area contributed by atoms with Crippen molar-refractivity contribution in [2.75, 3.05) is 12.8 Å². The van der Waals surface area contributed by atoms with Crippen LogP contribution in [0.2, 0.25) is 0 Å². The van der Waals surface area contributed by atoms with Crippen LogP contribution in [0, 0.1) is 0 Å². The minimum absolute atomic E-state index is 0.197. The number of fused-ring (bicyclic) bond motifs is 2. The first kappa shape index (κ1) is 15.6. The second-order valence-electron chi connectivity index (χ2n) is 5.56. The van der Waals surface area contributed by atoms with Crippen molar-refractivity contribution in [1.82, 2.24) is 19.9 Å². The third kappa shape index (κ3) is 2.42. The molecular formula is C16H16N4O2S2. The van der Waals surface area contributed by atoms with E-state index in [0.29, 0.717) is 10.7 Å². The molecule has 0 radical (unpaired) electrons. The second kappa shape index (κ2) is 5.87. The van der Waals surface area contributed by atoms with Crippen LogP contribution in [0.4, 0.5) is 0 Å². The number of hydrogen-bond donors (Lipinski definition) is 1. The number of sulfone groups is 1. The average molecular weight is 360 g/mol. The van der Waals surface area contributed by atoms with Gasteiger partial charge in [-0.1, -0.05) is 18.2 Å². The van der Waals surface area contributed by atoms with Gasteiger partial charge in [-0.05, 0) is 18.4 Å². The van der Waals surface area contributed by atoms with Crippen LogP contribution < -0.4 is 5.32 Å². The van der Waals surface area contributed by atoms with E-state index in [1.807, 2.05) is 12.5 Å². The van der Waals surface area contributed by atoms with E-state index < -0.39 is 9.84 Å². The fourth-order valence-corrected chi connectivity index (χ4v) is 5.31. The Hall–Kier alpha value is -1.90. The number of benzene rings is 1. The van der Waals surface area contributed by atoms with Crippen molar-refractivity contribution in [3.63, 3.8) is 0 Å². The van der Waals surface area contributed by atoms with Gasteiger partial charge in [0.05, 0.1) is 10.6 Å². The zero-order valence-electron chi connectivity index (χ0n) is 13.1. The maximum atomic E-state index is 13.1. The Labute approximate surface area is 144 Å². The summed E-state index contributed by atoms with van der Waals surface area (Å²) >= 11 is 1.32. The van der Waals surface area contributed by atoms with Crippen LogP contribution in [0.1, 0.15) is 11.3 Å². The largest absolute Gasteiger partial charge is 0.312 e. The molecule has 1 aliphatic rings. The average Bonchev–Trinajstić information content (AvgIpc) is 2.98. The summed E-state index contributed by atoms with van der Waals surface area (Å²) in [5.74, 6) is 0. The van der Waals surface area contributed by atoms with Crippen LogP contribution in [-0.2, 0) is 22.8 Å². The predicted molar refractivity (Wildman–Crippen MR) is 92.1 cm³/mol. The molecule has 1 N–H and O–H groups in total. The minimum atomic E-state index is -3.67. The summed E-state index contributed by atoms with van der Waals surface area (Å²) in [6.07, 6.45) is 4.50.